The molecule has 0 radical (unpaired) electrons. The molecule has 0 bridgehead atoms. The number of rotatable bonds is 4. The average molecular weight is 373 g/mol. The summed E-state index contributed by atoms with van der Waals surface area (Å²) in [6, 6.07) is 6.42. The number of likely N-dealkylation sites (N-methyl/N-ethyl adjacent to an activating group) is 1. The van der Waals surface area contributed by atoms with E-state index in [9.17, 15) is 4.79 Å². The second kappa shape index (κ2) is 8.29. The molecule has 1 aromatic rings. The summed E-state index contributed by atoms with van der Waals surface area (Å²) in [6.45, 7) is 5.98. The van der Waals surface area contributed by atoms with Gasteiger partial charge in [-0.25, -0.2) is 0 Å². The van der Waals surface area contributed by atoms with Crippen molar-refractivity contribution in [3.05, 3.63) is 29.3 Å². The van der Waals surface area contributed by atoms with Crippen LogP contribution in [0.15, 0.2) is 18.2 Å². The third kappa shape index (κ3) is 3.78. The predicted molar refractivity (Wildman–Crippen MR) is 112 cm³/mol. The zero-order valence-electron chi connectivity index (χ0n) is 17.4. The monoisotopic (exact) mass is 372 g/mol. The van der Waals surface area contributed by atoms with Crippen LogP contribution in [0.3, 0.4) is 0 Å². The minimum Gasteiger partial charge on any atom is -0.326 e. The van der Waals surface area contributed by atoms with Crippen molar-refractivity contribution < 1.29 is 4.79 Å². The molecular weight excluding hydrogens is 336 g/mol. The molecule has 3 rings (SSSR count). The van der Waals surface area contributed by atoms with Crippen molar-refractivity contribution in [3.63, 3.8) is 0 Å². The standard InChI is InChI=1S/C22H36N4O/c1-16-8-7-9-17(2)20(16)26(19-11-6-5-10-18(19)23)21(27)22(25(3)4)12-14-24-15-13-22/h7-9,18-19,24H,5-6,10-15,23H2,1-4H3/t18-,19-/m1/s1. The number of aryl methyl sites for hydroxylation is 2. The summed E-state index contributed by atoms with van der Waals surface area (Å²) in [5.41, 5.74) is 9.51. The molecule has 0 aromatic heterocycles. The van der Waals surface area contributed by atoms with E-state index in [1.165, 1.54) is 0 Å². The Balaban J connectivity index is 2.10. The maximum absolute atomic E-state index is 14.2. The van der Waals surface area contributed by atoms with Gasteiger partial charge in [-0.2, -0.15) is 0 Å². The number of piperidine rings is 1. The van der Waals surface area contributed by atoms with E-state index in [-0.39, 0.29) is 18.0 Å². The average Bonchev–Trinajstić information content (AvgIpc) is 2.65. The molecule has 1 saturated heterocycles. The van der Waals surface area contributed by atoms with Crippen molar-refractivity contribution >= 4 is 11.6 Å². The number of benzene rings is 1. The number of amides is 1. The van der Waals surface area contributed by atoms with Crippen LogP contribution in [0.1, 0.15) is 49.7 Å². The largest absolute Gasteiger partial charge is 0.326 e. The van der Waals surface area contributed by atoms with E-state index >= 15 is 0 Å². The lowest BCUT2D eigenvalue weighted by Crippen LogP contribution is -2.65. The lowest BCUT2D eigenvalue weighted by Gasteiger charge is -2.48. The van der Waals surface area contributed by atoms with Gasteiger partial charge in [-0.3, -0.25) is 9.69 Å². The summed E-state index contributed by atoms with van der Waals surface area (Å²) < 4.78 is 0. The number of nitrogens with zero attached hydrogens (tertiary/aromatic N) is 2. The number of hydrogen-bond acceptors (Lipinski definition) is 4. The Bertz CT molecular complexity index is 646. The molecule has 3 N–H and O–H groups in total. The first kappa shape index (κ1) is 20.3. The second-order valence-corrected chi connectivity index (χ2v) is 8.61. The molecule has 2 fully saturated rings. The van der Waals surface area contributed by atoms with Crippen LogP contribution in [0.5, 0.6) is 0 Å². The van der Waals surface area contributed by atoms with Gasteiger partial charge in [0.25, 0.3) is 0 Å². The SMILES string of the molecule is Cc1cccc(C)c1N(C(=O)C1(N(C)C)CCNCC1)[C@@H]1CCCC[C@H]1N. The molecule has 0 spiro atoms. The molecule has 1 aliphatic heterocycles. The smallest absolute Gasteiger partial charge is 0.247 e. The fraction of sp³-hybridized carbons (Fsp3) is 0.682. The minimum absolute atomic E-state index is 0.0441. The summed E-state index contributed by atoms with van der Waals surface area (Å²) in [4.78, 5) is 18.5. The van der Waals surface area contributed by atoms with Gasteiger partial charge < -0.3 is 16.0 Å². The topological polar surface area (TPSA) is 61.6 Å². The molecule has 150 valence electrons. The summed E-state index contributed by atoms with van der Waals surface area (Å²) >= 11 is 0. The molecule has 1 amide bonds. The van der Waals surface area contributed by atoms with E-state index in [0.29, 0.717) is 0 Å². The summed E-state index contributed by atoms with van der Waals surface area (Å²) in [7, 11) is 4.10. The Morgan fingerprint density at radius 2 is 1.70 bits per heavy atom. The van der Waals surface area contributed by atoms with E-state index in [2.05, 4.69) is 47.2 Å². The van der Waals surface area contributed by atoms with Gasteiger partial charge in [-0.1, -0.05) is 31.0 Å². The molecule has 1 heterocycles. The zero-order chi connectivity index (χ0) is 19.6. The summed E-state index contributed by atoms with van der Waals surface area (Å²) in [5, 5.41) is 3.42. The van der Waals surface area contributed by atoms with Crippen molar-refractivity contribution in [3.8, 4) is 0 Å². The van der Waals surface area contributed by atoms with Crippen LogP contribution in [0.4, 0.5) is 5.69 Å². The third-order valence-corrected chi connectivity index (χ3v) is 6.70. The van der Waals surface area contributed by atoms with Crippen molar-refractivity contribution in [2.45, 2.75) is 70.0 Å². The van der Waals surface area contributed by atoms with Crippen LogP contribution in [-0.2, 0) is 4.79 Å². The van der Waals surface area contributed by atoms with Crippen LogP contribution < -0.4 is 16.0 Å². The molecule has 5 nitrogen and oxygen atoms in total. The molecule has 0 unspecified atom stereocenters. The normalized spacial score (nSPS) is 25.4. The quantitative estimate of drug-likeness (QED) is 0.853. The van der Waals surface area contributed by atoms with Gasteiger partial charge in [0, 0.05) is 11.7 Å². The van der Waals surface area contributed by atoms with Crippen molar-refractivity contribution in [1.29, 1.82) is 0 Å². The molecule has 27 heavy (non-hydrogen) atoms. The molecular formula is C22H36N4O. The Morgan fingerprint density at radius 3 is 2.26 bits per heavy atom. The first-order chi connectivity index (χ1) is 12.9. The molecule has 2 aliphatic rings. The van der Waals surface area contributed by atoms with E-state index < -0.39 is 5.54 Å². The Hall–Kier alpha value is -1.43. The highest BCUT2D eigenvalue weighted by molar-refractivity contribution is 6.02. The van der Waals surface area contributed by atoms with Crippen LogP contribution in [0, 0.1) is 13.8 Å². The van der Waals surface area contributed by atoms with Crippen LogP contribution in [-0.4, -0.2) is 55.6 Å². The highest BCUT2D eigenvalue weighted by atomic mass is 16.2. The fourth-order valence-corrected chi connectivity index (χ4v) is 4.98. The van der Waals surface area contributed by atoms with Gasteiger partial charge in [0.05, 0.1) is 6.04 Å². The van der Waals surface area contributed by atoms with Crippen LogP contribution >= 0.6 is 0 Å². The molecule has 5 heteroatoms. The maximum Gasteiger partial charge on any atom is 0.247 e. The predicted octanol–water partition coefficient (Wildman–Crippen LogP) is 2.59. The van der Waals surface area contributed by atoms with Gasteiger partial charge in [0.15, 0.2) is 0 Å². The highest BCUT2D eigenvalue weighted by Gasteiger charge is 2.47. The number of nitrogens with one attached hydrogen (secondary N) is 1. The van der Waals surface area contributed by atoms with Gasteiger partial charge in [-0.05, 0) is 77.8 Å². The van der Waals surface area contributed by atoms with Gasteiger partial charge >= 0.3 is 0 Å². The van der Waals surface area contributed by atoms with Crippen molar-refractivity contribution in [2.24, 2.45) is 5.73 Å². The molecule has 1 saturated carbocycles. The van der Waals surface area contributed by atoms with Crippen molar-refractivity contribution in [2.75, 3.05) is 32.1 Å². The Labute approximate surface area is 164 Å². The summed E-state index contributed by atoms with van der Waals surface area (Å²) in [5.74, 6) is 0.230. The lowest BCUT2D eigenvalue weighted by molar-refractivity contribution is -0.131. The minimum atomic E-state index is -0.461. The number of carbonyl (C=O) groups is 1. The maximum atomic E-state index is 14.2. The number of para-hydroxylation sites is 1. The van der Waals surface area contributed by atoms with Gasteiger partial charge in [0.1, 0.15) is 5.54 Å². The number of anilines is 1. The summed E-state index contributed by atoms with van der Waals surface area (Å²) in [6.07, 6.45) is 5.96. The third-order valence-electron chi connectivity index (χ3n) is 6.70. The number of nitrogens with two attached hydrogens (primary N) is 1. The van der Waals surface area contributed by atoms with Crippen molar-refractivity contribution in [1.82, 2.24) is 10.2 Å². The first-order valence-corrected chi connectivity index (χ1v) is 10.4. The number of hydrogen-bond donors (Lipinski definition) is 2. The van der Waals surface area contributed by atoms with Gasteiger partial charge in [0.2, 0.25) is 5.91 Å². The zero-order valence-corrected chi connectivity index (χ0v) is 17.4. The lowest BCUT2D eigenvalue weighted by atomic mass is 9.82. The fourth-order valence-electron chi connectivity index (χ4n) is 4.98. The van der Waals surface area contributed by atoms with Gasteiger partial charge in [-0.15, -0.1) is 0 Å². The van der Waals surface area contributed by atoms with E-state index in [4.69, 9.17) is 5.73 Å². The van der Waals surface area contributed by atoms with Crippen LogP contribution in [0.2, 0.25) is 0 Å². The Morgan fingerprint density at radius 1 is 1.11 bits per heavy atom. The van der Waals surface area contributed by atoms with E-state index in [1.54, 1.807) is 0 Å². The Kier molecular flexibility index (Phi) is 6.24. The molecule has 2 atom stereocenters. The van der Waals surface area contributed by atoms with E-state index in [1.807, 2.05) is 14.1 Å². The van der Waals surface area contributed by atoms with E-state index in [0.717, 1.165) is 68.4 Å². The first-order valence-electron chi connectivity index (χ1n) is 10.4. The molecule has 1 aliphatic carbocycles. The second-order valence-electron chi connectivity index (χ2n) is 8.61. The van der Waals surface area contributed by atoms with Crippen LogP contribution in [0.25, 0.3) is 0 Å². The molecule has 1 aromatic carbocycles. The number of carbonyl (C=O) groups excluding carboxylic acids is 1. The highest BCUT2D eigenvalue weighted by Crippen LogP contribution is 2.36.